The van der Waals surface area contributed by atoms with Crippen molar-refractivity contribution < 1.29 is 43.2 Å². The SMILES string of the molecule is C=C1CCC(O)CC(=O)OC(/C(C)=C/C=C/C(C)C(OC(=O)N[C@@H]2CCNC2)C2OC2C(C)C(CC)OC)C(C)/C=C/C1OC(C)=O. The van der Waals surface area contributed by atoms with Crippen molar-refractivity contribution in [2.75, 3.05) is 20.2 Å². The Kier molecular flexibility index (Phi) is 15.2. The fourth-order valence-corrected chi connectivity index (χ4v) is 6.36. The molecule has 3 aliphatic heterocycles. The summed E-state index contributed by atoms with van der Waals surface area (Å²) in [5, 5.41) is 16.7. The van der Waals surface area contributed by atoms with E-state index in [-0.39, 0.29) is 48.5 Å². The van der Waals surface area contributed by atoms with Crippen LogP contribution in [0, 0.1) is 17.8 Å². The molecule has 264 valence electrons. The summed E-state index contributed by atoms with van der Waals surface area (Å²) in [6.45, 7) is 16.9. The quantitative estimate of drug-likeness (QED) is 0.0897. The van der Waals surface area contributed by atoms with Gasteiger partial charge < -0.3 is 39.4 Å². The highest BCUT2D eigenvalue weighted by Gasteiger charge is 2.52. The number of nitrogens with one attached hydrogen (secondary N) is 2. The molecule has 0 spiro atoms. The second-order valence-electron chi connectivity index (χ2n) is 13.2. The minimum atomic E-state index is -0.909. The maximum absolute atomic E-state index is 12.9. The second-order valence-corrected chi connectivity index (χ2v) is 13.2. The predicted octanol–water partition coefficient (Wildman–Crippen LogP) is 4.55. The van der Waals surface area contributed by atoms with Crippen LogP contribution in [0.15, 0.2) is 48.1 Å². The van der Waals surface area contributed by atoms with Crippen molar-refractivity contribution in [1.82, 2.24) is 10.6 Å². The van der Waals surface area contributed by atoms with Crippen LogP contribution in [0.3, 0.4) is 0 Å². The zero-order chi connectivity index (χ0) is 34.7. The highest BCUT2D eigenvalue weighted by molar-refractivity contribution is 5.70. The fraction of sp³-hybridized carbons (Fsp3) is 0.694. The van der Waals surface area contributed by atoms with Crippen LogP contribution in [0.1, 0.15) is 73.6 Å². The number of hydrogen-bond acceptors (Lipinski definition) is 10. The minimum absolute atomic E-state index is 0.0283. The van der Waals surface area contributed by atoms with Gasteiger partial charge in [-0.05, 0) is 56.4 Å². The third-order valence-electron chi connectivity index (χ3n) is 9.28. The third-order valence-corrected chi connectivity index (χ3v) is 9.28. The molecule has 0 radical (unpaired) electrons. The largest absolute Gasteiger partial charge is 0.457 e. The lowest BCUT2D eigenvalue weighted by molar-refractivity contribution is -0.151. The van der Waals surface area contributed by atoms with Crippen LogP contribution >= 0.6 is 0 Å². The number of rotatable bonds is 12. The molecule has 11 atom stereocenters. The molecule has 3 heterocycles. The summed E-state index contributed by atoms with van der Waals surface area (Å²) in [6, 6.07) is 0.0283. The van der Waals surface area contributed by atoms with E-state index in [1.807, 2.05) is 45.1 Å². The number of esters is 2. The first-order valence-corrected chi connectivity index (χ1v) is 17.0. The van der Waals surface area contributed by atoms with E-state index in [2.05, 4.69) is 31.1 Å². The van der Waals surface area contributed by atoms with E-state index >= 15 is 0 Å². The van der Waals surface area contributed by atoms with Gasteiger partial charge in [0.05, 0.1) is 24.7 Å². The van der Waals surface area contributed by atoms with E-state index in [1.165, 1.54) is 6.92 Å². The van der Waals surface area contributed by atoms with Crippen molar-refractivity contribution in [3.05, 3.63) is 48.1 Å². The monoisotopic (exact) mass is 660 g/mol. The van der Waals surface area contributed by atoms with Crippen molar-refractivity contribution in [3.63, 3.8) is 0 Å². The van der Waals surface area contributed by atoms with Crippen molar-refractivity contribution >= 4 is 18.0 Å². The molecule has 0 saturated carbocycles. The van der Waals surface area contributed by atoms with E-state index in [1.54, 1.807) is 13.2 Å². The Morgan fingerprint density at radius 3 is 2.60 bits per heavy atom. The summed E-state index contributed by atoms with van der Waals surface area (Å²) in [7, 11) is 1.70. The van der Waals surface area contributed by atoms with Gasteiger partial charge in [-0.25, -0.2) is 4.79 Å². The van der Waals surface area contributed by atoms with Gasteiger partial charge >= 0.3 is 18.0 Å². The molecule has 3 N–H and O–H groups in total. The number of carbonyl (C=O) groups excluding carboxylic acids is 3. The van der Waals surface area contributed by atoms with E-state index in [0.29, 0.717) is 25.0 Å². The zero-order valence-electron chi connectivity index (χ0n) is 29.1. The molecule has 0 aromatic carbocycles. The smallest absolute Gasteiger partial charge is 0.407 e. The first kappa shape index (κ1) is 38.5. The molecule has 0 aromatic heterocycles. The number of alkyl carbamates (subject to hydrolysis) is 1. The van der Waals surface area contributed by atoms with Gasteiger partial charge in [-0.2, -0.15) is 0 Å². The number of amides is 1. The molecule has 47 heavy (non-hydrogen) atoms. The van der Waals surface area contributed by atoms with Crippen LogP contribution in [0.2, 0.25) is 0 Å². The molecule has 11 heteroatoms. The molecule has 0 aliphatic carbocycles. The molecule has 0 bridgehead atoms. The Labute approximate surface area is 280 Å². The molecular formula is C36H56N2O9. The van der Waals surface area contributed by atoms with E-state index in [4.69, 9.17) is 23.7 Å². The summed E-state index contributed by atoms with van der Waals surface area (Å²) >= 11 is 0. The number of allylic oxidation sites excluding steroid dienone is 2. The number of hydrogen-bond donors (Lipinski definition) is 3. The molecule has 11 nitrogen and oxygen atoms in total. The van der Waals surface area contributed by atoms with Gasteiger partial charge in [0.25, 0.3) is 0 Å². The lowest BCUT2D eigenvalue weighted by atomic mass is 9.91. The number of methoxy groups -OCH3 is 1. The van der Waals surface area contributed by atoms with Crippen molar-refractivity contribution in [1.29, 1.82) is 0 Å². The molecular weight excluding hydrogens is 604 g/mol. The molecule has 2 saturated heterocycles. The molecule has 0 aromatic rings. The number of cyclic esters (lactones) is 1. The van der Waals surface area contributed by atoms with Crippen LogP contribution < -0.4 is 10.6 Å². The summed E-state index contributed by atoms with van der Waals surface area (Å²) in [4.78, 5) is 37.4. The molecule has 1 amide bonds. The van der Waals surface area contributed by atoms with Gasteiger partial charge in [0.15, 0.2) is 0 Å². The highest BCUT2D eigenvalue weighted by Crippen LogP contribution is 2.39. The summed E-state index contributed by atoms with van der Waals surface area (Å²) in [5.74, 6) is -1.28. The van der Waals surface area contributed by atoms with E-state index in [9.17, 15) is 19.5 Å². The summed E-state index contributed by atoms with van der Waals surface area (Å²) < 4.78 is 29.1. The number of carbonyl (C=O) groups is 3. The van der Waals surface area contributed by atoms with Crippen molar-refractivity contribution in [3.8, 4) is 0 Å². The average molecular weight is 661 g/mol. The Bertz CT molecular complexity index is 1160. The normalized spacial score (nSPS) is 32.3. The topological polar surface area (TPSA) is 145 Å². The Balaban J connectivity index is 1.78. The predicted molar refractivity (Wildman–Crippen MR) is 178 cm³/mol. The van der Waals surface area contributed by atoms with Crippen molar-refractivity contribution in [2.24, 2.45) is 17.8 Å². The first-order valence-electron chi connectivity index (χ1n) is 17.0. The molecule has 3 rings (SSSR count). The maximum Gasteiger partial charge on any atom is 0.407 e. The van der Waals surface area contributed by atoms with Gasteiger partial charge in [0.2, 0.25) is 0 Å². The Hall–Kier alpha value is -2.99. The third kappa shape index (κ3) is 11.9. The zero-order valence-corrected chi connectivity index (χ0v) is 29.1. The second kappa shape index (κ2) is 18.5. The maximum atomic E-state index is 12.9. The van der Waals surface area contributed by atoms with Gasteiger partial charge in [0, 0.05) is 44.4 Å². The van der Waals surface area contributed by atoms with E-state index < -0.39 is 42.4 Å². The Morgan fingerprint density at radius 1 is 1.21 bits per heavy atom. The number of aliphatic hydroxyl groups excluding tert-OH is 1. The molecule has 2 fully saturated rings. The summed E-state index contributed by atoms with van der Waals surface area (Å²) in [5.41, 5.74) is 1.42. The minimum Gasteiger partial charge on any atom is -0.457 e. The fourth-order valence-electron chi connectivity index (χ4n) is 6.36. The first-order chi connectivity index (χ1) is 22.3. The lowest BCUT2D eigenvalue weighted by Gasteiger charge is -2.26. The van der Waals surface area contributed by atoms with Crippen LogP contribution in [-0.4, -0.2) is 92.1 Å². The van der Waals surface area contributed by atoms with Crippen LogP contribution in [-0.2, 0) is 33.3 Å². The van der Waals surface area contributed by atoms with Gasteiger partial charge in [-0.3, -0.25) is 9.59 Å². The van der Waals surface area contributed by atoms with Gasteiger partial charge in [-0.15, -0.1) is 0 Å². The molecule has 3 aliphatic rings. The highest BCUT2D eigenvalue weighted by atomic mass is 16.6. The van der Waals surface area contributed by atoms with Crippen LogP contribution in [0.5, 0.6) is 0 Å². The van der Waals surface area contributed by atoms with Gasteiger partial charge in [0.1, 0.15) is 24.4 Å². The number of ether oxygens (including phenoxy) is 5. The average Bonchev–Trinajstić information content (AvgIpc) is 3.65. The van der Waals surface area contributed by atoms with E-state index in [0.717, 1.165) is 25.0 Å². The number of epoxide rings is 1. The number of aliphatic hydroxyl groups is 1. The van der Waals surface area contributed by atoms with Crippen molar-refractivity contribution in [2.45, 2.75) is 122 Å². The Morgan fingerprint density at radius 2 is 1.96 bits per heavy atom. The standard InChI is InChI=1S/C36H56N2O9/c1-9-29(43-8)25(6)34-35(46-34)33(47-36(42)38-27-17-18-37-20-27)23(4)12-10-11-22(3)32-24(5)14-16-30(44-26(7)39)21(2)13-15-28(40)19-31(41)45-32/h10-12,14,16,23-25,27-30,32-35,37,40H,2,9,13,15,17-20H2,1,3-8H3,(H,38,42)/b12-10+,16-14+,22-11+/t23?,24?,25?,27-,28?,29?,30?,32?,33?,34?,35?/m1/s1. The van der Waals surface area contributed by atoms with Gasteiger partial charge in [-0.1, -0.05) is 58.6 Å². The lowest BCUT2D eigenvalue weighted by Crippen LogP contribution is -2.41. The van der Waals surface area contributed by atoms with Crippen LogP contribution in [0.25, 0.3) is 0 Å². The summed E-state index contributed by atoms with van der Waals surface area (Å²) in [6.07, 6.45) is 8.05. The van der Waals surface area contributed by atoms with Crippen LogP contribution in [0.4, 0.5) is 4.79 Å². The molecule has 10 unspecified atom stereocenters.